The molecule has 0 saturated carbocycles. The first kappa shape index (κ1) is 17.9. The minimum Gasteiger partial charge on any atom is -0.366 e. The van der Waals surface area contributed by atoms with Gasteiger partial charge in [0.1, 0.15) is 17.5 Å². The highest BCUT2D eigenvalue weighted by Gasteiger charge is 2.11. The number of hydrogen-bond acceptors (Lipinski definition) is 5. The van der Waals surface area contributed by atoms with Gasteiger partial charge in [0.2, 0.25) is 0 Å². The standard InChI is InChI=1S/C21H25N5/c1-14(2)18-9-5-7-15(3)21(18)26-20-11-19(24-16(4)25-20)23-13-17-8-6-10-22-12-17/h5-12,14H,13H2,1-4H3,(H2,23,24,25,26). The number of para-hydroxylation sites is 1. The Kier molecular flexibility index (Phi) is 5.46. The lowest BCUT2D eigenvalue weighted by molar-refractivity contribution is 0.867. The van der Waals surface area contributed by atoms with Crippen LogP contribution in [0.15, 0.2) is 48.8 Å². The molecule has 0 atom stereocenters. The molecule has 26 heavy (non-hydrogen) atoms. The normalized spacial score (nSPS) is 10.8. The van der Waals surface area contributed by atoms with Crippen LogP contribution in [-0.2, 0) is 6.54 Å². The van der Waals surface area contributed by atoms with Crippen LogP contribution in [0.25, 0.3) is 0 Å². The fraction of sp³-hybridized carbons (Fsp3) is 0.286. The van der Waals surface area contributed by atoms with E-state index >= 15 is 0 Å². The Balaban J connectivity index is 1.82. The number of aromatic nitrogens is 3. The first-order chi connectivity index (χ1) is 12.5. The van der Waals surface area contributed by atoms with E-state index in [-0.39, 0.29) is 0 Å². The van der Waals surface area contributed by atoms with Crippen LogP contribution in [0.2, 0.25) is 0 Å². The molecule has 0 unspecified atom stereocenters. The highest BCUT2D eigenvalue weighted by Crippen LogP contribution is 2.30. The summed E-state index contributed by atoms with van der Waals surface area (Å²) in [6, 6.07) is 12.3. The lowest BCUT2D eigenvalue weighted by Crippen LogP contribution is -2.07. The molecule has 0 radical (unpaired) electrons. The molecule has 5 nitrogen and oxygen atoms in total. The molecule has 0 aliphatic carbocycles. The van der Waals surface area contributed by atoms with E-state index in [1.807, 2.05) is 31.3 Å². The van der Waals surface area contributed by atoms with Gasteiger partial charge in [-0.2, -0.15) is 0 Å². The van der Waals surface area contributed by atoms with Gasteiger partial charge in [0.15, 0.2) is 0 Å². The second-order valence-corrected chi connectivity index (χ2v) is 6.72. The molecule has 5 heteroatoms. The summed E-state index contributed by atoms with van der Waals surface area (Å²) in [5.74, 6) is 2.75. The van der Waals surface area contributed by atoms with E-state index in [1.165, 1.54) is 11.1 Å². The Bertz CT molecular complexity index is 875. The van der Waals surface area contributed by atoms with E-state index in [4.69, 9.17) is 0 Å². The van der Waals surface area contributed by atoms with Gasteiger partial charge in [0.05, 0.1) is 0 Å². The summed E-state index contributed by atoms with van der Waals surface area (Å²) < 4.78 is 0. The maximum absolute atomic E-state index is 4.55. The average molecular weight is 347 g/mol. The average Bonchev–Trinajstić information content (AvgIpc) is 2.62. The summed E-state index contributed by atoms with van der Waals surface area (Å²) in [4.78, 5) is 13.2. The molecule has 0 spiro atoms. The van der Waals surface area contributed by atoms with Crippen molar-refractivity contribution in [2.75, 3.05) is 10.6 Å². The van der Waals surface area contributed by atoms with Gasteiger partial charge in [-0.05, 0) is 42.5 Å². The van der Waals surface area contributed by atoms with Crippen LogP contribution in [0.1, 0.15) is 42.3 Å². The molecular formula is C21H25N5. The monoisotopic (exact) mass is 347 g/mol. The molecule has 0 fully saturated rings. The topological polar surface area (TPSA) is 62.7 Å². The van der Waals surface area contributed by atoms with Crippen LogP contribution in [0, 0.1) is 13.8 Å². The van der Waals surface area contributed by atoms with Crippen LogP contribution in [0.5, 0.6) is 0 Å². The number of benzene rings is 1. The van der Waals surface area contributed by atoms with Gasteiger partial charge in [-0.1, -0.05) is 38.1 Å². The quantitative estimate of drug-likeness (QED) is 0.659. The molecule has 0 aliphatic rings. The van der Waals surface area contributed by atoms with Crippen LogP contribution >= 0.6 is 0 Å². The van der Waals surface area contributed by atoms with Crippen molar-refractivity contribution in [1.82, 2.24) is 15.0 Å². The Hall–Kier alpha value is -2.95. The van der Waals surface area contributed by atoms with Gasteiger partial charge >= 0.3 is 0 Å². The number of nitrogens with zero attached hydrogens (tertiary/aromatic N) is 3. The van der Waals surface area contributed by atoms with Crippen LogP contribution in [0.4, 0.5) is 17.3 Å². The smallest absolute Gasteiger partial charge is 0.136 e. The molecule has 3 rings (SSSR count). The van der Waals surface area contributed by atoms with E-state index in [1.54, 1.807) is 6.20 Å². The van der Waals surface area contributed by atoms with Crippen LogP contribution in [-0.4, -0.2) is 15.0 Å². The highest BCUT2D eigenvalue weighted by molar-refractivity contribution is 5.67. The molecule has 1 aromatic carbocycles. The molecule has 2 heterocycles. The van der Waals surface area contributed by atoms with E-state index < -0.39 is 0 Å². The molecule has 0 bridgehead atoms. The number of pyridine rings is 1. The first-order valence-electron chi connectivity index (χ1n) is 8.88. The van der Waals surface area contributed by atoms with Crippen molar-refractivity contribution in [2.24, 2.45) is 0 Å². The molecule has 3 aromatic rings. The minimum absolute atomic E-state index is 0.434. The molecule has 2 aromatic heterocycles. The molecule has 134 valence electrons. The molecular weight excluding hydrogens is 322 g/mol. The third-order valence-corrected chi connectivity index (χ3v) is 4.21. The fourth-order valence-electron chi connectivity index (χ4n) is 2.89. The highest BCUT2D eigenvalue weighted by atomic mass is 15.1. The van der Waals surface area contributed by atoms with Crippen LogP contribution in [0.3, 0.4) is 0 Å². The van der Waals surface area contributed by atoms with Crippen molar-refractivity contribution in [3.8, 4) is 0 Å². The zero-order valence-electron chi connectivity index (χ0n) is 15.7. The predicted molar refractivity (Wildman–Crippen MR) is 107 cm³/mol. The van der Waals surface area contributed by atoms with E-state index in [0.717, 1.165) is 28.7 Å². The third-order valence-electron chi connectivity index (χ3n) is 4.21. The summed E-state index contributed by atoms with van der Waals surface area (Å²) in [6.07, 6.45) is 3.62. The van der Waals surface area contributed by atoms with Gasteiger partial charge in [0, 0.05) is 30.7 Å². The van der Waals surface area contributed by atoms with Gasteiger partial charge in [-0.15, -0.1) is 0 Å². The predicted octanol–water partition coefficient (Wildman–Crippen LogP) is 4.97. The van der Waals surface area contributed by atoms with Gasteiger partial charge in [0.25, 0.3) is 0 Å². The second-order valence-electron chi connectivity index (χ2n) is 6.72. The van der Waals surface area contributed by atoms with Gasteiger partial charge in [-0.3, -0.25) is 4.98 Å². The van der Waals surface area contributed by atoms with E-state index in [9.17, 15) is 0 Å². The van der Waals surface area contributed by atoms with Crippen molar-refractivity contribution >= 4 is 17.3 Å². The summed E-state index contributed by atoms with van der Waals surface area (Å²) in [5.41, 5.74) is 4.72. The fourth-order valence-corrected chi connectivity index (χ4v) is 2.89. The summed E-state index contributed by atoms with van der Waals surface area (Å²) in [7, 11) is 0. The Labute approximate surface area is 154 Å². The Morgan fingerprint density at radius 2 is 1.81 bits per heavy atom. The molecule has 0 amide bonds. The molecule has 0 aliphatic heterocycles. The third kappa shape index (κ3) is 4.36. The summed E-state index contributed by atoms with van der Waals surface area (Å²) >= 11 is 0. The maximum atomic E-state index is 4.55. The molecule has 0 saturated heterocycles. The van der Waals surface area contributed by atoms with Crippen molar-refractivity contribution in [1.29, 1.82) is 0 Å². The Morgan fingerprint density at radius 1 is 1.00 bits per heavy atom. The lowest BCUT2D eigenvalue weighted by atomic mass is 9.98. The van der Waals surface area contributed by atoms with E-state index in [2.05, 4.69) is 64.6 Å². The molecule has 2 N–H and O–H groups in total. The number of rotatable bonds is 6. The van der Waals surface area contributed by atoms with Gasteiger partial charge in [-0.25, -0.2) is 9.97 Å². The zero-order valence-corrected chi connectivity index (χ0v) is 15.7. The Morgan fingerprint density at radius 3 is 2.54 bits per heavy atom. The second kappa shape index (κ2) is 7.95. The van der Waals surface area contributed by atoms with Crippen molar-refractivity contribution in [3.63, 3.8) is 0 Å². The maximum Gasteiger partial charge on any atom is 0.136 e. The lowest BCUT2D eigenvalue weighted by Gasteiger charge is -2.17. The van der Waals surface area contributed by atoms with Crippen molar-refractivity contribution < 1.29 is 0 Å². The number of anilines is 3. The number of nitrogens with one attached hydrogen (secondary N) is 2. The summed E-state index contributed by atoms with van der Waals surface area (Å²) in [5, 5.41) is 6.85. The summed E-state index contributed by atoms with van der Waals surface area (Å²) in [6.45, 7) is 9.09. The largest absolute Gasteiger partial charge is 0.366 e. The van der Waals surface area contributed by atoms with Crippen molar-refractivity contribution in [2.45, 2.75) is 40.2 Å². The zero-order chi connectivity index (χ0) is 18.5. The minimum atomic E-state index is 0.434. The SMILES string of the molecule is Cc1nc(NCc2cccnc2)cc(Nc2c(C)cccc2C(C)C)n1. The van der Waals surface area contributed by atoms with Gasteiger partial charge < -0.3 is 10.6 Å². The van der Waals surface area contributed by atoms with E-state index in [0.29, 0.717) is 12.5 Å². The number of aryl methyl sites for hydroxylation is 2. The first-order valence-corrected chi connectivity index (χ1v) is 8.88. The van der Waals surface area contributed by atoms with Crippen molar-refractivity contribution in [3.05, 3.63) is 71.3 Å². The number of hydrogen-bond donors (Lipinski definition) is 2. The van der Waals surface area contributed by atoms with Crippen LogP contribution < -0.4 is 10.6 Å².